The topological polar surface area (TPSA) is 34.9 Å². The lowest BCUT2D eigenvalue weighted by atomic mass is 10.2. The summed E-state index contributed by atoms with van der Waals surface area (Å²) in [5.41, 5.74) is 0.563. The minimum Gasteiger partial charge on any atom is -0.287 e. The van der Waals surface area contributed by atoms with Crippen molar-refractivity contribution in [1.29, 1.82) is 0 Å². The van der Waals surface area contributed by atoms with Crippen molar-refractivity contribution in [3.63, 3.8) is 0 Å². The highest BCUT2D eigenvalue weighted by Crippen LogP contribution is 2.14. The molecular weight excluding hydrogens is 256 g/mol. The second-order valence-corrected chi connectivity index (χ2v) is 3.96. The van der Waals surface area contributed by atoms with Gasteiger partial charge in [-0.15, -0.1) is 6.42 Å². The Morgan fingerprint density at radius 2 is 2.33 bits per heavy atom. The lowest BCUT2D eigenvalue weighted by Crippen LogP contribution is -2.19. The molecule has 0 aliphatic carbocycles. The Balaban J connectivity index is 2.76. The molecule has 0 fully saturated rings. The predicted octanol–water partition coefficient (Wildman–Crippen LogP) is 1.79. The van der Waals surface area contributed by atoms with Gasteiger partial charge in [0.15, 0.2) is 0 Å². The third-order valence-electron chi connectivity index (χ3n) is 2.05. The second-order valence-electron chi connectivity index (χ2n) is 3.04. The lowest BCUT2D eigenvalue weighted by Gasteiger charge is -2.02. The van der Waals surface area contributed by atoms with Crippen LogP contribution in [-0.2, 0) is 6.54 Å². The highest BCUT2D eigenvalue weighted by Gasteiger charge is 2.02. The zero-order valence-corrected chi connectivity index (χ0v) is 9.36. The molecule has 3 nitrogen and oxygen atoms in total. The van der Waals surface area contributed by atoms with Crippen LogP contribution in [0.25, 0.3) is 10.9 Å². The standard InChI is InChI=1S/C11H7BrN2O/c1-2-5-14-7-13-10-6-8(12)3-4-9(10)11(14)15/h1,3-4,6-7H,5H2. The quantitative estimate of drug-likeness (QED) is 0.735. The van der Waals surface area contributed by atoms with E-state index in [0.717, 1.165) is 4.47 Å². The molecule has 0 aliphatic heterocycles. The van der Waals surface area contributed by atoms with Crippen molar-refractivity contribution in [3.8, 4) is 12.3 Å². The minimum atomic E-state index is -0.106. The van der Waals surface area contributed by atoms with Gasteiger partial charge < -0.3 is 0 Å². The van der Waals surface area contributed by atoms with Crippen LogP contribution in [0, 0.1) is 12.3 Å². The lowest BCUT2D eigenvalue weighted by molar-refractivity contribution is 0.783. The van der Waals surface area contributed by atoms with Gasteiger partial charge in [0.25, 0.3) is 5.56 Å². The molecule has 74 valence electrons. The molecule has 2 aromatic rings. The van der Waals surface area contributed by atoms with Crippen molar-refractivity contribution in [2.45, 2.75) is 6.54 Å². The molecule has 4 heteroatoms. The largest absolute Gasteiger partial charge is 0.287 e. The summed E-state index contributed by atoms with van der Waals surface area (Å²) in [7, 11) is 0. The first-order chi connectivity index (χ1) is 7.22. The molecule has 1 heterocycles. The molecule has 0 atom stereocenters. The Bertz CT molecular complexity index is 610. The molecule has 0 bridgehead atoms. The Morgan fingerprint density at radius 1 is 1.53 bits per heavy atom. The van der Waals surface area contributed by atoms with Crippen LogP contribution in [0.1, 0.15) is 0 Å². The summed E-state index contributed by atoms with van der Waals surface area (Å²) in [6.45, 7) is 0.248. The average molecular weight is 263 g/mol. The molecule has 0 spiro atoms. The molecular formula is C11H7BrN2O. The Kier molecular flexibility index (Phi) is 2.57. The Morgan fingerprint density at radius 3 is 3.07 bits per heavy atom. The monoisotopic (exact) mass is 262 g/mol. The number of aromatic nitrogens is 2. The highest BCUT2D eigenvalue weighted by atomic mass is 79.9. The van der Waals surface area contributed by atoms with Crippen LogP contribution < -0.4 is 5.56 Å². The van der Waals surface area contributed by atoms with E-state index in [2.05, 4.69) is 26.8 Å². The van der Waals surface area contributed by atoms with E-state index in [9.17, 15) is 4.79 Å². The van der Waals surface area contributed by atoms with Crippen LogP contribution in [0.2, 0.25) is 0 Å². The van der Waals surface area contributed by atoms with Crippen molar-refractivity contribution in [3.05, 3.63) is 39.4 Å². The van der Waals surface area contributed by atoms with E-state index in [1.807, 2.05) is 6.07 Å². The molecule has 0 N–H and O–H groups in total. The second kappa shape index (κ2) is 3.87. The molecule has 0 radical (unpaired) electrons. The van der Waals surface area contributed by atoms with Gasteiger partial charge in [0.1, 0.15) is 0 Å². The fourth-order valence-electron chi connectivity index (χ4n) is 1.34. The number of benzene rings is 1. The molecule has 0 saturated carbocycles. The average Bonchev–Trinajstić information content (AvgIpc) is 2.22. The van der Waals surface area contributed by atoms with Crippen LogP contribution in [0.5, 0.6) is 0 Å². The Hall–Kier alpha value is -1.60. The normalized spacial score (nSPS) is 10.1. The van der Waals surface area contributed by atoms with Crippen LogP contribution in [0.15, 0.2) is 33.8 Å². The summed E-state index contributed by atoms with van der Waals surface area (Å²) in [5.74, 6) is 2.41. The van der Waals surface area contributed by atoms with Gasteiger partial charge in [0, 0.05) is 4.47 Å². The van der Waals surface area contributed by atoms with Crippen LogP contribution in [0.3, 0.4) is 0 Å². The van der Waals surface area contributed by atoms with Crippen molar-refractivity contribution >= 4 is 26.8 Å². The van der Waals surface area contributed by atoms with Gasteiger partial charge in [0.05, 0.1) is 23.8 Å². The molecule has 1 aromatic heterocycles. The minimum absolute atomic E-state index is 0.106. The van der Waals surface area contributed by atoms with E-state index in [1.165, 1.54) is 10.9 Å². The van der Waals surface area contributed by atoms with Gasteiger partial charge in [-0.25, -0.2) is 4.98 Å². The van der Waals surface area contributed by atoms with Crippen molar-refractivity contribution < 1.29 is 0 Å². The van der Waals surface area contributed by atoms with E-state index < -0.39 is 0 Å². The third kappa shape index (κ3) is 1.79. The maximum Gasteiger partial charge on any atom is 0.262 e. The van der Waals surface area contributed by atoms with E-state index in [0.29, 0.717) is 10.9 Å². The highest BCUT2D eigenvalue weighted by molar-refractivity contribution is 9.10. The van der Waals surface area contributed by atoms with Gasteiger partial charge in [0.2, 0.25) is 0 Å². The van der Waals surface area contributed by atoms with Gasteiger partial charge in [-0.2, -0.15) is 0 Å². The summed E-state index contributed by atoms with van der Waals surface area (Å²) >= 11 is 3.33. The zero-order chi connectivity index (χ0) is 10.8. The van der Waals surface area contributed by atoms with Crippen LogP contribution >= 0.6 is 15.9 Å². The number of terminal acetylenes is 1. The summed E-state index contributed by atoms with van der Waals surface area (Å²) in [6.07, 6.45) is 6.62. The number of hydrogen-bond acceptors (Lipinski definition) is 2. The fraction of sp³-hybridized carbons (Fsp3) is 0.0909. The van der Waals surface area contributed by atoms with E-state index in [4.69, 9.17) is 6.42 Å². The summed E-state index contributed by atoms with van der Waals surface area (Å²) in [4.78, 5) is 16.0. The van der Waals surface area contributed by atoms with E-state index >= 15 is 0 Å². The first kappa shape index (κ1) is 9.94. The van der Waals surface area contributed by atoms with E-state index in [1.54, 1.807) is 12.1 Å². The number of hydrogen-bond donors (Lipinski definition) is 0. The fourth-order valence-corrected chi connectivity index (χ4v) is 1.69. The number of fused-ring (bicyclic) bond motifs is 1. The number of halogens is 1. The number of nitrogens with zero attached hydrogens (tertiary/aromatic N) is 2. The number of rotatable bonds is 1. The maximum atomic E-state index is 11.8. The SMILES string of the molecule is C#CCn1cnc2cc(Br)ccc2c1=O. The third-order valence-corrected chi connectivity index (χ3v) is 2.54. The van der Waals surface area contributed by atoms with E-state index in [-0.39, 0.29) is 12.1 Å². The summed E-state index contributed by atoms with van der Waals surface area (Å²) < 4.78 is 2.31. The molecule has 0 unspecified atom stereocenters. The van der Waals surface area contributed by atoms with Gasteiger partial charge in [-0.3, -0.25) is 9.36 Å². The molecule has 0 aliphatic rings. The molecule has 1 aromatic carbocycles. The van der Waals surface area contributed by atoms with Crippen molar-refractivity contribution in [2.75, 3.05) is 0 Å². The Labute approximate surface area is 94.9 Å². The first-order valence-corrected chi connectivity index (χ1v) is 5.10. The molecule has 2 rings (SSSR count). The van der Waals surface area contributed by atoms with Gasteiger partial charge in [-0.1, -0.05) is 21.9 Å². The van der Waals surface area contributed by atoms with Crippen molar-refractivity contribution in [1.82, 2.24) is 9.55 Å². The summed E-state index contributed by atoms with van der Waals surface area (Å²) in [5, 5.41) is 0.580. The predicted molar refractivity (Wildman–Crippen MR) is 62.5 cm³/mol. The maximum absolute atomic E-state index is 11.8. The molecule has 0 amide bonds. The van der Waals surface area contributed by atoms with Crippen LogP contribution in [-0.4, -0.2) is 9.55 Å². The molecule has 0 saturated heterocycles. The van der Waals surface area contributed by atoms with Crippen molar-refractivity contribution in [2.24, 2.45) is 0 Å². The molecule has 15 heavy (non-hydrogen) atoms. The van der Waals surface area contributed by atoms with Gasteiger partial charge in [-0.05, 0) is 18.2 Å². The smallest absolute Gasteiger partial charge is 0.262 e. The first-order valence-electron chi connectivity index (χ1n) is 4.30. The summed E-state index contributed by atoms with van der Waals surface area (Å²) in [6, 6.07) is 5.35. The van der Waals surface area contributed by atoms with Crippen LogP contribution in [0.4, 0.5) is 0 Å². The van der Waals surface area contributed by atoms with Gasteiger partial charge >= 0.3 is 0 Å². The zero-order valence-electron chi connectivity index (χ0n) is 7.77.